The number of carbonyl (C=O) groups excluding carboxylic acids is 1. The normalized spacial score (nSPS) is 10.9. The van der Waals surface area contributed by atoms with Crippen LogP contribution in [-0.4, -0.2) is 16.1 Å². The summed E-state index contributed by atoms with van der Waals surface area (Å²) in [4.78, 5) is 24.3. The molecule has 3 aromatic heterocycles. The molecule has 0 radical (unpaired) electrons. The average molecular weight is 402 g/mol. The van der Waals surface area contributed by atoms with Gasteiger partial charge in [-0.2, -0.15) is 0 Å². The number of nitrogens with zero attached hydrogens (tertiary/aromatic N) is 2. The number of para-hydroxylation sites is 1. The maximum atomic E-state index is 12.3. The highest BCUT2D eigenvalue weighted by Gasteiger charge is 2.18. The van der Waals surface area contributed by atoms with Gasteiger partial charge < -0.3 is 13.3 Å². The predicted molar refractivity (Wildman–Crippen MR) is 90.1 cm³/mol. The van der Waals surface area contributed by atoms with E-state index in [2.05, 4.69) is 31.4 Å². The van der Waals surface area contributed by atoms with Gasteiger partial charge in [-0.25, -0.2) is 4.79 Å². The number of anilines is 1. The van der Waals surface area contributed by atoms with E-state index in [0.717, 1.165) is 0 Å². The topological polar surface area (TPSA) is 111 Å². The summed E-state index contributed by atoms with van der Waals surface area (Å²) in [6, 6.07) is 11.4. The molecule has 0 saturated carbocycles. The standard InChI is InChI=1S/C16H8BrN3O5/c17-12-6-5-11(23-12)14-19-20-16(25-14)18-13(21)9-7-8-3-1-2-4-10(8)24-15(9)22/h1-7H,(H,18,20,21). The zero-order chi connectivity index (χ0) is 17.4. The number of furan rings is 1. The molecule has 3 heterocycles. The third kappa shape index (κ3) is 2.96. The lowest BCUT2D eigenvalue weighted by Crippen LogP contribution is -2.20. The molecular formula is C16H8BrN3O5. The highest BCUT2D eigenvalue weighted by atomic mass is 79.9. The van der Waals surface area contributed by atoms with Gasteiger partial charge in [0.1, 0.15) is 11.1 Å². The molecule has 4 aromatic rings. The Hall–Kier alpha value is -3.20. The average Bonchev–Trinajstić information content (AvgIpc) is 3.23. The lowest BCUT2D eigenvalue weighted by Gasteiger charge is -2.01. The predicted octanol–water partition coefficient (Wildman–Crippen LogP) is 3.45. The first-order valence-corrected chi connectivity index (χ1v) is 7.83. The van der Waals surface area contributed by atoms with Gasteiger partial charge in [0.2, 0.25) is 0 Å². The number of hydrogen-bond donors (Lipinski definition) is 1. The number of benzene rings is 1. The van der Waals surface area contributed by atoms with Crippen LogP contribution in [0.3, 0.4) is 0 Å². The highest BCUT2D eigenvalue weighted by Crippen LogP contribution is 2.25. The second-order valence-corrected chi connectivity index (χ2v) is 5.74. The van der Waals surface area contributed by atoms with Crippen molar-refractivity contribution >= 4 is 38.8 Å². The molecule has 0 aliphatic carbocycles. The maximum absolute atomic E-state index is 12.3. The van der Waals surface area contributed by atoms with Gasteiger partial charge in [0, 0.05) is 5.39 Å². The fourth-order valence-corrected chi connectivity index (χ4v) is 2.49. The van der Waals surface area contributed by atoms with Crippen molar-refractivity contribution in [3.63, 3.8) is 0 Å². The first-order valence-electron chi connectivity index (χ1n) is 7.03. The Morgan fingerprint density at radius 1 is 1.04 bits per heavy atom. The third-order valence-electron chi connectivity index (χ3n) is 3.32. The van der Waals surface area contributed by atoms with Gasteiger partial charge in [0.05, 0.1) is 0 Å². The van der Waals surface area contributed by atoms with Gasteiger partial charge in [0.25, 0.3) is 11.8 Å². The SMILES string of the molecule is O=C(Nc1nnc(-c2ccc(Br)o2)o1)c1cc2ccccc2oc1=O. The fraction of sp³-hybridized carbons (Fsp3) is 0. The van der Waals surface area contributed by atoms with E-state index in [1.54, 1.807) is 36.4 Å². The summed E-state index contributed by atoms with van der Waals surface area (Å²) in [5.41, 5.74) is -0.530. The molecule has 0 atom stereocenters. The Morgan fingerprint density at radius 3 is 2.68 bits per heavy atom. The van der Waals surface area contributed by atoms with E-state index in [4.69, 9.17) is 13.3 Å². The van der Waals surface area contributed by atoms with E-state index in [1.807, 2.05) is 0 Å². The van der Waals surface area contributed by atoms with Gasteiger partial charge in [-0.05, 0) is 40.2 Å². The Kier molecular flexibility index (Phi) is 3.69. The molecule has 0 spiro atoms. The van der Waals surface area contributed by atoms with Crippen molar-refractivity contribution < 1.29 is 18.0 Å². The summed E-state index contributed by atoms with van der Waals surface area (Å²) in [5, 5.41) is 10.5. The van der Waals surface area contributed by atoms with Crippen molar-refractivity contribution in [1.29, 1.82) is 0 Å². The van der Waals surface area contributed by atoms with Crippen LogP contribution < -0.4 is 10.9 Å². The Balaban J connectivity index is 1.61. The van der Waals surface area contributed by atoms with E-state index in [-0.39, 0.29) is 17.5 Å². The van der Waals surface area contributed by atoms with Crippen molar-refractivity contribution in [2.45, 2.75) is 0 Å². The minimum absolute atomic E-state index is 0.0894. The van der Waals surface area contributed by atoms with E-state index in [0.29, 0.717) is 21.4 Å². The van der Waals surface area contributed by atoms with E-state index < -0.39 is 11.5 Å². The van der Waals surface area contributed by atoms with Crippen LogP contribution in [0, 0.1) is 0 Å². The van der Waals surface area contributed by atoms with Gasteiger partial charge >= 0.3 is 11.6 Å². The lowest BCUT2D eigenvalue weighted by molar-refractivity contribution is 0.102. The maximum Gasteiger partial charge on any atom is 0.349 e. The molecule has 0 saturated heterocycles. The lowest BCUT2D eigenvalue weighted by atomic mass is 10.2. The van der Waals surface area contributed by atoms with Crippen LogP contribution in [0.4, 0.5) is 6.01 Å². The number of nitrogens with one attached hydrogen (secondary N) is 1. The van der Waals surface area contributed by atoms with Gasteiger partial charge in [-0.1, -0.05) is 23.3 Å². The zero-order valence-corrected chi connectivity index (χ0v) is 13.9. The number of carbonyl (C=O) groups is 1. The van der Waals surface area contributed by atoms with Crippen molar-refractivity contribution in [1.82, 2.24) is 10.2 Å². The van der Waals surface area contributed by atoms with Crippen LogP contribution in [0.2, 0.25) is 0 Å². The van der Waals surface area contributed by atoms with Gasteiger partial charge in [0.15, 0.2) is 10.4 Å². The quantitative estimate of drug-likeness (QED) is 0.523. The summed E-state index contributed by atoms with van der Waals surface area (Å²) in [6.45, 7) is 0. The summed E-state index contributed by atoms with van der Waals surface area (Å²) in [5.74, 6) is -0.285. The highest BCUT2D eigenvalue weighted by molar-refractivity contribution is 9.10. The number of fused-ring (bicyclic) bond motifs is 1. The van der Waals surface area contributed by atoms with Crippen LogP contribution in [0.1, 0.15) is 10.4 Å². The minimum Gasteiger partial charge on any atom is -0.444 e. The second-order valence-electron chi connectivity index (χ2n) is 4.96. The molecule has 1 amide bonds. The largest absolute Gasteiger partial charge is 0.444 e. The second kappa shape index (κ2) is 6.02. The molecule has 0 aliphatic rings. The summed E-state index contributed by atoms with van der Waals surface area (Å²) in [6.07, 6.45) is 0. The van der Waals surface area contributed by atoms with E-state index >= 15 is 0 Å². The van der Waals surface area contributed by atoms with Crippen molar-refractivity contribution in [2.75, 3.05) is 5.32 Å². The third-order valence-corrected chi connectivity index (χ3v) is 3.74. The van der Waals surface area contributed by atoms with E-state index in [1.165, 1.54) is 6.07 Å². The Labute approximate surface area is 147 Å². The van der Waals surface area contributed by atoms with Crippen LogP contribution in [0.25, 0.3) is 22.6 Å². The summed E-state index contributed by atoms with van der Waals surface area (Å²) in [7, 11) is 0. The molecule has 0 bridgehead atoms. The number of halogens is 1. The number of amides is 1. The molecule has 1 aromatic carbocycles. The molecule has 0 unspecified atom stereocenters. The van der Waals surface area contributed by atoms with Crippen molar-refractivity contribution in [3.8, 4) is 11.7 Å². The molecule has 8 nitrogen and oxygen atoms in total. The number of rotatable bonds is 3. The van der Waals surface area contributed by atoms with Crippen molar-refractivity contribution in [3.05, 3.63) is 63.1 Å². The van der Waals surface area contributed by atoms with Crippen LogP contribution in [-0.2, 0) is 0 Å². The van der Waals surface area contributed by atoms with Crippen molar-refractivity contribution in [2.24, 2.45) is 0 Å². The molecule has 4 rings (SSSR count). The molecule has 1 N–H and O–H groups in total. The monoisotopic (exact) mass is 401 g/mol. The first kappa shape index (κ1) is 15.3. The fourth-order valence-electron chi connectivity index (χ4n) is 2.19. The number of hydrogen-bond acceptors (Lipinski definition) is 7. The van der Waals surface area contributed by atoms with Gasteiger partial charge in [-0.15, -0.1) is 5.10 Å². The van der Waals surface area contributed by atoms with Crippen LogP contribution >= 0.6 is 15.9 Å². The van der Waals surface area contributed by atoms with Gasteiger partial charge in [-0.3, -0.25) is 10.1 Å². The van der Waals surface area contributed by atoms with Crippen LogP contribution in [0.5, 0.6) is 0 Å². The Bertz CT molecular complexity index is 1140. The minimum atomic E-state index is -0.758. The summed E-state index contributed by atoms with van der Waals surface area (Å²) < 4.78 is 16.2. The molecule has 0 fully saturated rings. The molecule has 0 aliphatic heterocycles. The zero-order valence-electron chi connectivity index (χ0n) is 12.4. The molecule has 124 valence electrons. The smallest absolute Gasteiger partial charge is 0.349 e. The molecular weight excluding hydrogens is 394 g/mol. The first-order chi connectivity index (χ1) is 12.1. The summed E-state index contributed by atoms with van der Waals surface area (Å²) >= 11 is 3.16. The number of aromatic nitrogens is 2. The van der Waals surface area contributed by atoms with Crippen LogP contribution in [0.15, 0.2) is 65.2 Å². The van der Waals surface area contributed by atoms with E-state index in [9.17, 15) is 9.59 Å². The molecule has 25 heavy (non-hydrogen) atoms. The Morgan fingerprint density at radius 2 is 1.88 bits per heavy atom. The molecule has 9 heteroatoms.